The number of aliphatic imine (C=N–C) groups is 1. The molecule has 1 aromatic heterocycles. The Bertz CT molecular complexity index is 665. The number of nitrogens with one attached hydrogen (secondary N) is 2. The molecule has 3 rings (SSSR count). The largest absolute Gasteiger partial charge is 0.392 e. The Kier molecular flexibility index (Phi) is 10.8. The van der Waals surface area contributed by atoms with Crippen LogP contribution < -0.4 is 10.6 Å². The molecule has 2 fully saturated rings. The lowest BCUT2D eigenvalue weighted by Crippen LogP contribution is -2.46. The van der Waals surface area contributed by atoms with Crippen LogP contribution in [0.1, 0.15) is 55.3 Å². The Balaban J connectivity index is 0.00000320. The van der Waals surface area contributed by atoms with Crippen LogP contribution >= 0.6 is 35.3 Å². The number of aryl methyl sites for hydroxylation is 1. The predicted molar refractivity (Wildman–Crippen MR) is 136 cm³/mol. The van der Waals surface area contributed by atoms with Crippen molar-refractivity contribution < 1.29 is 9.84 Å². The highest BCUT2D eigenvalue weighted by atomic mass is 127. The van der Waals surface area contributed by atoms with Gasteiger partial charge < -0.3 is 20.5 Å². The molecule has 0 bridgehead atoms. The van der Waals surface area contributed by atoms with Gasteiger partial charge in [0.25, 0.3) is 0 Å². The first-order valence-electron chi connectivity index (χ1n) is 11.1. The molecule has 0 amide bonds. The molecule has 1 aliphatic heterocycles. The minimum absolute atomic E-state index is 0. The van der Waals surface area contributed by atoms with E-state index in [2.05, 4.69) is 48.4 Å². The molecule has 0 spiro atoms. The number of guanidine groups is 1. The molecular weight excluding hydrogens is 511 g/mol. The lowest BCUT2D eigenvalue weighted by atomic mass is 9.73. The third kappa shape index (κ3) is 7.05. The van der Waals surface area contributed by atoms with Gasteiger partial charge in [-0.1, -0.05) is 19.8 Å². The highest BCUT2D eigenvalue weighted by molar-refractivity contribution is 14.0. The van der Waals surface area contributed by atoms with E-state index in [1.165, 1.54) is 16.2 Å². The van der Waals surface area contributed by atoms with Gasteiger partial charge in [0, 0.05) is 41.3 Å². The van der Waals surface area contributed by atoms with Gasteiger partial charge in [0.15, 0.2) is 5.96 Å². The number of ether oxygens (including phenoxy) is 1. The Morgan fingerprint density at radius 2 is 2.10 bits per heavy atom. The molecule has 2 aliphatic rings. The van der Waals surface area contributed by atoms with Gasteiger partial charge >= 0.3 is 0 Å². The zero-order valence-electron chi connectivity index (χ0n) is 18.7. The smallest absolute Gasteiger partial charge is 0.191 e. The Morgan fingerprint density at radius 1 is 1.33 bits per heavy atom. The third-order valence-corrected chi connectivity index (χ3v) is 7.36. The second kappa shape index (κ2) is 12.6. The second-order valence-electron chi connectivity index (χ2n) is 8.60. The van der Waals surface area contributed by atoms with E-state index in [-0.39, 0.29) is 35.5 Å². The summed E-state index contributed by atoms with van der Waals surface area (Å²) in [6, 6.07) is 4.78. The van der Waals surface area contributed by atoms with Crippen molar-refractivity contribution in [3.8, 4) is 0 Å². The fourth-order valence-corrected chi connectivity index (χ4v) is 5.30. The number of halogens is 1. The van der Waals surface area contributed by atoms with Gasteiger partial charge in [0.05, 0.1) is 31.9 Å². The number of rotatable bonds is 7. The van der Waals surface area contributed by atoms with Crippen LogP contribution in [0.15, 0.2) is 17.1 Å². The van der Waals surface area contributed by atoms with Crippen LogP contribution in [-0.4, -0.2) is 68.0 Å². The van der Waals surface area contributed by atoms with Crippen LogP contribution in [0.4, 0.5) is 0 Å². The van der Waals surface area contributed by atoms with Gasteiger partial charge in [-0.15, -0.1) is 35.3 Å². The van der Waals surface area contributed by atoms with E-state index in [0.29, 0.717) is 12.6 Å². The van der Waals surface area contributed by atoms with Crippen LogP contribution in [0.25, 0.3) is 0 Å². The maximum absolute atomic E-state index is 10.5. The monoisotopic (exact) mass is 550 g/mol. The highest BCUT2D eigenvalue weighted by Crippen LogP contribution is 2.36. The molecule has 172 valence electrons. The fraction of sp³-hybridized carbons (Fsp3) is 0.773. The lowest BCUT2D eigenvalue weighted by molar-refractivity contribution is 0.00712. The molecule has 8 heteroatoms. The van der Waals surface area contributed by atoms with Crippen molar-refractivity contribution in [2.24, 2.45) is 10.4 Å². The fourth-order valence-electron chi connectivity index (χ4n) is 4.29. The number of nitrogens with zero attached hydrogens (tertiary/aromatic N) is 2. The summed E-state index contributed by atoms with van der Waals surface area (Å²) in [7, 11) is 0. The zero-order valence-corrected chi connectivity index (χ0v) is 21.8. The van der Waals surface area contributed by atoms with Gasteiger partial charge in [-0.05, 0) is 38.8 Å². The van der Waals surface area contributed by atoms with E-state index in [9.17, 15) is 5.11 Å². The number of morpholine rings is 1. The molecule has 3 unspecified atom stereocenters. The maximum atomic E-state index is 10.5. The van der Waals surface area contributed by atoms with E-state index in [1.807, 2.05) is 11.3 Å². The van der Waals surface area contributed by atoms with Crippen molar-refractivity contribution >= 4 is 41.3 Å². The molecule has 0 radical (unpaired) electrons. The highest BCUT2D eigenvalue weighted by Gasteiger charge is 2.35. The van der Waals surface area contributed by atoms with Crippen LogP contribution in [0.2, 0.25) is 0 Å². The third-order valence-electron chi connectivity index (χ3n) is 6.26. The van der Waals surface area contributed by atoms with Gasteiger partial charge in [0.1, 0.15) is 0 Å². The molecular formula is C22H39IN4O2S. The molecule has 6 nitrogen and oxygen atoms in total. The predicted octanol–water partition coefficient (Wildman–Crippen LogP) is 3.54. The summed E-state index contributed by atoms with van der Waals surface area (Å²) in [6.07, 6.45) is 4.00. The molecule has 3 atom stereocenters. The molecule has 30 heavy (non-hydrogen) atoms. The number of aliphatic hydroxyl groups is 1. The van der Waals surface area contributed by atoms with Crippen LogP contribution in [0.3, 0.4) is 0 Å². The molecule has 1 aliphatic carbocycles. The Morgan fingerprint density at radius 3 is 2.73 bits per heavy atom. The Hall–Kier alpha value is -0.420. The molecule has 1 saturated carbocycles. The average molecular weight is 551 g/mol. The summed E-state index contributed by atoms with van der Waals surface area (Å²) in [5, 5.41) is 17.4. The van der Waals surface area contributed by atoms with E-state index in [4.69, 9.17) is 9.73 Å². The summed E-state index contributed by atoms with van der Waals surface area (Å²) < 4.78 is 5.56. The summed E-state index contributed by atoms with van der Waals surface area (Å²) in [4.78, 5) is 10.1. The van der Waals surface area contributed by atoms with Crippen molar-refractivity contribution in [2.45, 2.75) is 58.6 Å². The first-order valence-corrected chi connectivity index (χ1v) is 11.9. The van der Waals surface area contributed by atoms with Crippen molar-refractivity contribution in [1.29, 1.82) is 0 Å². The second-order valence-corrected chi connectivity index (χ2v) is 9.92. The summed E-state index contributed by atoms with van der Waals surface area (Å²) >= 11 is 1.87. The molecule has 2 heterocycles. The summed E-state index contributed by atoms with van der Waals surface area (Å²) in [6.45, 7) is 12.2. The normalized spacial score (nSPS) is 26.7. The van der Waals surface area contributed by atoms with Crippen molar-refractivity contribution in [3.63, 3.8) is 0 Å². The number of aliphatic hydroxyl groups excluding tert-OH is 1. The number of thiophene rings is 1. The first kappa shape index (κ1) is 25.8. The average Bonchev–Trinajstić information content (AvgIpc) is 3.15. The van der Waals surface area contributed by atoms with Crippen molar-refractivity contribution in [2.75, 3.05) is 45.9 Å². The zero-order chi connectivity index (χ0) is 20.7. The first-order chi connectivity index (χ1) is 14.0. The summed E-state index contributed by atoms with van der Waals surface area (Å²) in [5.74, 6) is 0.845. The van der Waals surface area contributed by atoms with E-state index in [1.54, 1.807) is 0 Å². The van der Waals surface area contributed by atoms with Crippen LogP contribution in [0, 0.1) is 12.3 Å². The van der Waals surface area contributed by atoms with Crippen LogP contribution in [-0.2, 0) is 4.74 Å². The van der Waals surface area contributed by atoms with Gasteiger partial charge in [-0.3, -0.25) is 9.89 Å². The van der Waals surface area contributed by atoms with Gasteiger partial charge in [0.2, 0.25) is 0 Å². The van der Waals surface area contributed by atoms with E-state index < -0.39 is 0 Å². The molecule has 1 saturated heterocycles. The molecule has 1 aromatic rings. The van der Waals surface area contributed by atoms with E-state index in [0.717, 1.165) is 64.6 Å². The van der Waals surface area contributed by atoms with Crippen molar-refractivity contribution in [1.82, 2.24) is 15.5 Å². The lowest BCUT2D eigenvalue weighted by Gasteiger charge is -2.37. The number of hydrogen-bond donors (Lipinski definition) is 3. The number of hydrogen-bond acceptors (Lipinski definition) is 5. The minimum Gasteiger partial charge on any atom is -0.392 e. The Labute approximate surface area is 202 Å². The molecule has 3 N–H and O–H groups in total. The van der Waals surface area contributed by atoms with Gasteiger partial charge in [-0.2, -0.15) is 0 Å². The van der Waals surface area contributed by atoms with E-state index >= 15 is 0 Å². The summed E-state index contributed by atoms with van der Waals surface area (Å²) in [5.41, 5.74) is -0.116. The van der Waals surface area contributed by atoms with Gasteiger partial charge in [-0.25, -0.2) is 0 Å². The quantitative estimate of drug-likeness (QED) is 0.275. The SMILES string of the molecule is CCNC(=NCC1(C)CCCCC1O)NCC(c1ccc(C)s1)N1CCOCC1.I. The topological polar surface area (TPSA) is 69.1 Å². The van der Waals surface area contributed by atoms with Crippen molar-refractivity contribution in [3.05, 3.63) is 21.9 Å². The molecule has 0 aromatic carbocycles. The maximum Gasteiger partial charge on any atom is 0.191 e. The standard InChI is InChI=1S/C22H38N4O2S.HI/c1-4-23-21(25-16-22(3)10-6-5-7-20(22)27)24-15-18(19-9-8-17(2)29-19)26-11-13-28-14-12-26;/h8-9,18,20,27H,4-7,10-16H2,1-3H3,(H2,23,24,25);1H. The minimum atomic E-state index is -0.252. The van der Waals surface area contributed by atoms with Crippen LogP contribution in [0.5, 0.6) is 0 Å².